The standard InChI is InChI=1S/C10H23NO2S/c1-5-9(11)8-14(12)7-6-13-10(2,3)4/h9H,5-8,11H2,1-4H3. The Morgan fingerprint density at radius 1 is 1.43 bits per heavy atom. The number of rotatable bonds is 6. The number of hydrogen-bond donors (Lipinski definition) is 1. The number of hydrogen-bond acceptors (Lipinski definition) is 3. The van der Waals surface area contributed by atoms with Crippen LogP contribution in [0.5, 0.6) is 0 Å². The van der Waals surface area contributed by atoms with Crippen LogP contribution in [0.4, 0.5) is 0 Å². The summed E-state index contributed by atoms with van der Waals surface area (Å²) in [5, 5.41) is 0. The van der Waals surface area contributed by atoms with Crippen molar-refractivity contribution in [3.63, 3.8) is 0 Å². The highest BCUT2D eigenvalue weighted by Gasteiger charge is 2.11. The summed E-state index contributed by atoms with van der Waals surface area (Å²) in [6.45, 7) is 8.54. The maximum atomic E-state index is 11.4. The first kappa shape index (κ1) is 14.1. The highest BCUT2D eigenvalue weighted by Crippen LogP contribution is 2.06. The van der Waals surface area contributed by atoms with Crippen molar-refractivity contribution in [3.05, 3.63) is 0 Å². The summed E-state index contributed by atoms with van der Waals surface area (Å²) < 4.78 is 16.9. The summed E-state index contributed by atoms with van der Waals surface area (Å²) in [6.07, 6.45) is 0.881. The van der Waals surface area contributed by atoms with E-state index in [9.17, 15) is 4.21 Å². The Balaban J connectivity index is 3.55. The topological polar surface area (TPSA) is 52.3 Å². The highest BCUT2D eigenvalue weighted by atomic mass is 32.2. The van der Waals surface area contributed by atoms with Gasteiger partial charge in [-0.15, -0.1) is 0 Å². The Bertz CT molecular complexity index is 177. The molecule has 2 N–H and O–H groups in total. The second kappa shape index (κ2) is 6.53. The lowest BCUT2D eigenvalue weighted by molar-refractivity contribution is 0.00669. The molecule has 0 aromatic heterocycles. The summed E-state index contributed by atoms with van der Waals surface area (Å²) in [5.41, 5.74) is 5.56. The van der Waals surface area contributed by atoms with Gasteiger partial charge in [-0.05, 0) is 27.2 Å². The van der Waals surface area contributed by atoms with Crippen LogP contribution in [0.15, 0.2) is 0 Å². The second-order valence-electron chi connectivity index (χ2n) is 4.44. The molecule has 3 nitrogen and oxygen atoms in total. The zero-order valence-corrected chi connectivity index (χ0v) is 10.5. The lowest BCUT2D eigenvalue weighted by atomic mass is 10.2. The van der Waals surface area contributed by atoms with Gasteiger partial charge in [-0.3, -0.25) is 4.21 Å². The third kappa shape index (κ3) is 8.66. The molecule has 4 heteroatoms. The van der Waals surface area contributed by atoms with Crippen LogP contribution in [0.2, 0.25) is 0 Å². The van der Waals surface area contributed by atoms with Crippen molar-refractivity contribution in [1.29, 1.82) is 0 Å². The lowest BCUT2D eigenvalue weighted by Crippen LogP contribution is -2.29. The molecule has 14 heavy (non-hydrogen) atoms. The first-order valence-corrected chi connectivity index (χ1v) is 6.58. The molecule has 2 unspecified atom stereocenters. The van der Waals surface area contributed by atoms with Gasteiger partial charge in [0.05, 0.1) is 12.2 Å². The average Bonchev–Trinajstić information content (AvgIpc) is 2.01. The van der Waals surface area contributed by atoms with Crippen LogP contribution in [0.25, 0.3) is 0 Å². The van der Waals surface area contributed by atoms with E-state index >= 15 is 0 Å². The molecule has 0 rings (SSSR count). The summed E-state index contributed by atoms with van der Waals surface area (Å²) in [4.78, 5) is 0. The van der Waals surface area contributed by atoms with Crippen LogP contribution in [-0.2, 0) is 15.5 Å². The van der Waals surface area contributed by atoms with Gasteiger partial charge in [0, 0.05) is 28.3 Å². The average molecular weight is 221 g/mol. The molecular formula is C10H23NO2S. The first-order valence-electron chi connectivity index (χ1n) is 5.09. The Morgan fingerprint density at radius 2 is 2.00 bits per heavy atom. The van der Waals surface area contributed by atoms with Crippen LogP contribution < -0.4 is 5.73 Å². The van der Waals surface area contributed by atoms with Gasteiger partial charge in [0.2, 0.25) is 0 Å². The maximum absolute atomic E-state index is 11.4. The van der Waals surface area contributed by atoms with Crippen molar-refractivity contribution in [2.75, 3.05) is 18.1 Å². The van der Waals surface area contributed by atoms with E-state index < -0.39 is 10.8 Å². The van der Waals surface area contributed by atoms with E-state index in [2.05, 4.69) is 0 Å². The van der Waals surface area contributed by atoms with Crippen molar-refractivity contribution in [2.45, 2.75) is 45.8 Å². The summed E-state index contributed by atoms with van der Waals surface area (Å²) >= 11 is 0. The van der Waals surface area contributed by atoms with E-state index in [1.54, 1.807) is 0 Å². The van der Waals surface area contributed by atoms with Gasteiger partial charge in [0.1, 0.15) is 0 Å². The summed E-state index contributed by atoms with van der Waals surface area (Å²) in [7, 11) is -0.835. The molecule has 0 heterocycles. The zero-order chi connectivity index (χ0) is 11.2. The van der Waals surface area contributed by atoms with Crippen molar-refractivity contribution in [1.82, 2.24) is 0 Å². The Kier molecular flexibility index (Phi) is 6.57. The summed E-state index contributed by atoms with van der Waals surface area (Å²) in [6, 6.07) is 0.0606. The van der Waals surface area contributed by atoms with Crippen LogP contribution in [-0.4, -0.2) is 34.0 Å². The Labute approximate surface area is 89.9 Å². The van der Waals surface area contributed by atoms with E-state index in [-0.39, 0.29) is 11.6 Å². The molecule has 0 aromatic carbocycles. The molecule has 0 spiro atoms. The normalized spacial score (nSPS) is 16.6. The van der Waals surface area contributed by atoms with E-state index in [0.717, 1.165) is 6.42 Å². The molecule has 0 aliphatic rings. The molecule has 2 atom stereocenters. The van der Waals surface area contributed by atoms with Crippen LogP contribution in [0.3, 0.4) is 0 Å². The quantitative estimate of drug-likeness (QED) is 0.735. The fourth-order valence-corrected chi connectivity index (χ4v) is 2.03. The minimum Gasteiger partial charge on any atom is -0.375 e. The van der Waals surface area contributed by atoms with E-state index in [4.69, 9.17) is 10.5 Å². The SMILES string of the molecule is CCC(N)CS(=O)CCOC(C)(C)C. The molecule has 0 saturated carbocycles. The fraction of sp³-hybridized carbons (Fsp3) is 1.00. The number of ether oxygens (including phenoxy) is 1. The van der Waals surface area contributed by atoms with Gasteiger partial charge < -0.3 is 10.5 Å². The van der Waals surface area contributed by atoms with Crippen molar-refractivity contribution in [2.24, 2.45) is 5.73 Å². The van der Waals surface area contributed by atoms with E-state index in [1.165, 1.54) is 0 Å². The van der Waals surface area contributed by atoms with Gasteiger partial charge in [0.25, 0.3) is 0 Å². The molecule has 0 aliphatic heterocycles. The minimum atomic E-state index is -0.835. The number of nitrogens with two attached hydrogens (primary N) is 1. The molecule has 0 bridgehead atoms. The third-order valence-electron chi connectivity index (χ3n) is 1.77. The van der Waals surface area contributed by atoms with Gasteiger partial charge >= 0.3 is 0 Å². The van der Waals surface area contributed by atoms with Crippen molar-refractivity contribution in [3.8, 4) is 0 Å². The van der Waals surface area contributed by atoms with Gasteiger partial charge in [0.15, 0.2) is 0 Å². The molecule has 0 radical (unpaired) electrons. The molecule has 86 valence electrons. The lowest BCUT2D eigenvalue weighted by Gasteiger charge is -2.19. The van der Waals surface area contributed by atoms with E-state index in [0.29, 0.717) is 18.1 Å². The Hall–Kier alpha value is 0.0700. The molecule has 0 aliphatic carbocycles. The van der Waals surface area contributed by atoms with Crippen molar-refractivity contribution < 1.29 is 8.95 Å². The smallest absolute Gasteiger partial charge is 0.0598 e. The van der Waals surface area contributed by atoms with Gasteiger partial charge in [-0.1, -0.05) is 6.92 Å². The molecule has 0 amide bonds. The first-order chi connectivity index (χ1) is 6.35. The zero-order valence-electron chi connectivity index (χ0n) is 9.71. The second-order valence-corrected chi connectivity index (χ2v) is 6.06. The third-order valence-corrected chi connectivity index (χ3v) is 3.19. The molecule has 0 saturated heterocycles. The highest BCUT2D eigenvalue weighted by molar-refractivity contribution is 7.85. The predicted octanol–water partition coefficient (Wildman–Crippen LogP) is 1.29. The predicted molar refractivity (Wildman–Crippen MR) is 61.8 cm³/mol. The molecule has 0 aromatic rings. The maximum Gasteiger partial charge on any atom is 0.0598 e. The van der Waals surface area contributed by atoms with Crippen LogP contribution in [0.1, 0.15) is 34.1 Å². The van der Waals surface area contributed by atoms with Crippen molar-refractivity contribution >= 4 is 10.8 Å². The van der Waals surface area contributed by atoms with Crippen LogP contribution >= 0.6 is 0 Å². The van der Waals surface area contributed by atoms with Gasteiger partial charge in [-0.2, -0.15) is 0 Å². The monoisotopic (exact) mass is 221 g/mol. The molecule has 0 fully saturated rings. The Morgan fingerprint density at radius 3 is 2.43 bits per heavy atom. The summed E-state index contributed by atoms with van der Waals surface area (Å²) in [5.74, 6) is 1.18. The van der Waals surface area contributed by atoms with Crippen LogP contribution in [0, 0.1) is 0 Å². The molecular weight excluding hydrogens is 198 g/mol. The largest absolute Gasteiger partial charge is 0.375 e. The fourth-order valence-electron chi connectivity index (χ4n) is 0.881. The van der Waals surface area contributed by atoms with E-state index in [1.807, 2.05) is 27.7 Å². The minimum absolute atomic E-state index is 0.0606. The van der Waals surface area contributed by atoms with Gasteiger partial charge in [-0.25, -0.2) is 0 Å².